The Morgan fingerprint density at radius 1 is 1.35 bits per heavy atom. The number of aromatic nitrogens is 4. The van der Waals surface area contributed by atoms with Crippen molar-refractivity contribution in [1.82, 2.24) is 19.3 Å². The molecule has 110 valence electrons. The molecule has 3 rings (SSSR count). The van der Waals surface area contributed by atoms with Crippen LogP contribution in [0.4, 0.5) is 0 Å². The lowest BCUT2D eigenvalue weighted by molar-refractivity contribution is 0.194. The molecule has 0 aromatic carbocycles. The summed E-state index contributed by atoms with van der Waals surface area (Å²) in [5, 5.41) is 4.61. The molecule has 5 heteroatoms. The van der Waals surface area contributed by atoms with Crippen molar-refractivity contribution in [2.75, 3.05) is 0 Å². The van der Waals surface area contributed by atoms with Crippen molar-refractivity contribution in [2.45, 2.75) is 66.0 Å². The topological polar surface area (TPSA) is 38.5 Å². The summed E-state index contributed by atoms with van der Waals surface area (Å²) in [5.41, 5.74) is 3.82. The molecule has 1 aliphatic carbocycles. The monoisotopic (exact) mass is 292 g/mol. The summed E-state index contributed by atoms with van der Waals surface area (Å²) >= 11 is 5.58. The molecule has 0 saturated heterocycles. The van der Waals surface area contributed by atoms with Crippen LogP contribution >= 0.6 is 12.2 Å². The average molecular weight is 292 g/mol. The van der Waals surface area contributed by atoms with E-state index >= 15 is 0 Å². The SMILES string of the molecule is CCn1nc(C)c2[nH]c(=S)n(C3CCC(C)(C)CC3)c21. The molecule has 20 heavy (non-hydrogen) atoms. The largest absolute Gasteiger partial charge is 0.328 e. The Morgan fingerprint density at radius 3 is 2.60 bits per heavy atom. The molecule has 0 aliphatic heterocycles. The predicted octanol–water partition coefficient (Wildman–Crippen LogP) is 4.37. The number of aromatic amines is 1. The molecular weight excluding hydrogens is 268 g/mol. The van der Waals surface area contributed by atoms with Gasteiger partial charge in [0.1, 0.15) is 5.52 Å². The number of fused-ring (bicyclic) bond motifs is 1. The van der Waals surface area contributed by atoms with Crippen LogP contribution in [0.5, 0.6) is 0 Å². The maximum absolute atomic E-state index is 5.58. The van der Waals surface area contributed by atoms with E-state index in [4.69, 9.17) is 12.2 Å². The summed E-state index contributed by atoms with van der Waals surface area (Å²) in [6.07, 6.45) is 4.96. The maximum Gasteiger partial charge on any atom is 0.179 e. The van der Waals surface area contributed by atoms with E-state index in [-0.39, 0.29) is 0 Å². The summed E-state index contributed by atoms with van der Waals surface area (Å²) in [4.78, 5) is 3.36. The Balaban J connectivity index is 2.07. The minimum atomic E-state index is 0.481. The van der Waals surface area contributed by atoms with Crippen LogP contribution in [0.25, 0.3) is 11.2 Å². The van der Waals surface area contributed by atoms with Gasteiger partial charge in [0.2, 0.25) is 0 Å². The summed E-state index contributed by atoms with van der Waals surface area (Å²) in [5.74, 6) is 0. The molecule has 0 atom stereocenters. The van der Waals surface area contributed by atoms with Gasteiger partial charge in [-0.25, -0.2) is 4.68 Å². The fourth-order valence-corrected chi connectivity index (χ4v) is 3.76. The number of imidazole rings is 1. The Labute approximate surface area is 125 Å². The third kappa shape index (κ3) is 2.12. The van der Waals surface area contributed by atoms with E-state index in [0.717, 1.165) is 22.5 Å². The number of rotatable bonds is 2. The van der Waals surface area contributed by atoms with Gasteiger partial charge < -0.3 is 4.98 Å². The molecule has 0 radical (unpaired) electrons. The fraction of sp³-hybridized carbons (Fsp3) is 0.733. The van der Waals surface area contributed by atoms with Crippen LogP contribution in [-0.4, -0.2) is 19.3 Å². The molecular formula is C15H24N4S. The van der Waals surface area contributed by atoms with E-state index in [9.17, 15) is 0 Å². The second kappa shape index (κ2) is 4.72. The quantitative estimate of drug-likeness (QED) is 0.835. The highest BCUT2D eigenvalue weighted by molar-refractivity contribution is 7.71. The van der Waals surface area contributed by atoms with Gasteiger partial charge in [0.05, 0.1) is 5.69 Å². The molecule has 0 amide bonds. The van der Waals surface area contributed by atoms with E-state index in [1.165, 1.54) is 31.3 Å². The molecule has 1 fully saturated rings. The van der Waals surface area contributed by atoms with Gasteiger partial charge in [-0.3, -0.25) is 4.57 Å². The second-order valence-corrected chi connectivity index (χ2v) is 7.18. The molecule has 1 saturated carbocycles. The normalized spacial score (nSPS) is 19.8. The zero-order chi connectivity index (χ0) is 14.5. The first-order valence-corrected chi connectivity index (χ1v) is 8.01. The number of H-pyrrole nitrogens is 1. The van der Waals surface area contributed by atoms with Crippen molar-refractivity contribution in [3.8, 4) is 0 Å². The van der Waals surface area contributed by atoms with Crippen LogP contribution in [0.15, 0.2) is 0 Å². The zero-order valence-corrected chi connectivity index (χ0v) is 13.7. The first kappa shape index (κ1) is 13.9. The van der Waals surface area contributed by atoms with Crippen LogP contribution in [0, 0.1) is 17.1 Å². The number of nitrogens with zero attached hydrogens (tertiary/aromatic N) is 3. The molecule has 0 unspecified atom stereocenters. The highest BCUT2D eigenvalue weighted by Crippen LogP contribution is 2.41. The Kier molecular flexibility index (Phi) is 3.27. The molecule has 0 spiro atoms. The standard InChI is InChI=1S/C15H24N4S/c1-5-18-13-12(10(2)17-18)16-14(20)19(13)11-6-8-15(3,4)9-7-11/h11H,5-9H2,1-4H3,(H,16,20). The number of nitrogens with one attached hydrogen (secondary N) is 1. The number of hydrogen-bond donors (Lipinski definition) is 1. The first-order chi connectivity index (χ1) is 9.43. The van der Waals surface area contributed by atoms with Crippen molar-refractivity contribution in [1.29, 1.82) is 0 Å². The van der Waals surface area contributed by atoms with Gasteiger partial charge in [0, 0.05) is 12.6 Å². The maximum atomic E-state index is 5.58. The van der Waals surface area contributed by atoms with E-state index in [2.05, 4.69) is 40.1 Å². The van der Waals surface area contributed by atoms with Gasteiger partial charge in [0.15, 0.2) is 10.4 Å². The van der Waals surface area contributed by atoms with Crippen molar-refractivity contribution < 1.29 is 0 Å². The molecule has 4 nitrogen and oxygen atoms in total. The van der Waals surface area contributed by atoms with Crippen molar-refractivity contribution in [2.24, 2.45) is 5.41 Å². The van der Waals surface area contributed by atoms with Crippen molar-refractivity contribution >= 4 is 23.4 Å². The third-order valence-electron chi connectivity index (χ3n) is 4.75. The molecule has 1 N–H and O–H groups in total. The van der Waals surface area contributed by atoms with Crippen LogP contribution < -0.4 is 0 Å². The van der Waals surface area contributed by atoms with Crippen molar-refractivity contribution in [3.05, 3.63) is 10.5 Å². The first-order valence-electron chi connectivity index (χ1n) is 7.60. The minimum absolute atomic E-state index is 0.481. The Morgan fingerprint density at radius 2 is 2.00 bits per heavy atom. The van der Waals surface area contributed by atoms with Crippen LogP contribution in [0.2, 0.25) is 0 Å². The summed E-state index contributed by atoms with van der Waals surface area (Å²) in [6, 6.07) is 0.519. The molecule has 1 aliphatic rings. The molecule has 2 heterocycles. The average Bonchev–Trinajstić information content (AvgIpc) is 2.87. The smallest absolute Gasteiger partial charge is 0.179 e. The Hall–Kier alpha value is -1.10. The number of aryl methyl sites for hydroxylation is 2. The van der Waals surface area contributed by atoms with Gasteiger partial charge in [-0.2, -0.15) is 5.10 Å². The molecule has 0 bridgehead atoms. The summed E-state index contributed by atoms with van der Waals surface area (Å²) < 4.78 is 5.26. The molecule has 2 aromatic heterocycles. The summed E-state index contributed by atoms with van der Waals surface area (Å²) in [7, 11) is 0. The van der Waals surface area contributed by atoms with E-state index < -0.39 is 0 Å². The fourth-order valence-electron chi connectivity index (χ4n) is 3.43. The highest BCUT2D eigenvalue weighted by atomic mass is 32.1. The third-order valence-corrected chi connectivity index (χ3v) is 5.05. The molecule has 2 aromatic rings. The second-order valence-electron chi connectivity index (χ2n) is 6.80. The van der Waals surface area contributed by atoms with Crippen LogP contribution in [-0.2, 0) is 6.54 Å². The van der Waals surface area contributed by atoms with Gasteiger partial charge in [-0.05, 0) is 57.2 Å². The van der Waals surface area contributed by atoms with Gasteiger partial charge in [-0.1, -0.05) is 13.8 Å². The van der Waals surface area contributed by atoms with Gasteiger partial charge in [-0.15, -0.1) is 0 Å². The van der Waals surface area contributed by atoms with E-state index in [1.54, 1.807) is 0 Å². The minimum Gasteiger partial charge on any atom is -0.328 e. The zero-order valence-electron chi connectivity index (χ0n) is 12.9. The lowest BCUT2D eigenvalue weighted by Crippen LogP contribution is -2.24. The highest BCUT2D eigenvalue weighted by Gasteiger charge is 2.29. The van der Waals surface area contributed by atoms with E-state index in [0.29, 0.717) is 11.5 Å². The number of hydrogen-bond acceptors (Lipinski definition) is 2. The predicted molar refractivity (Wildman–Crippen MR) is 84.6 cm³/mol. The van der Waals surface area contributed by atoms with Gasteiger partial charge in [0.25, 0.3) is 0 Å². The summed E-state index contributed by atoms with van der Waals surface area (Å²) in [6.45, 7) is 9.81. The van der Waals surface area contributed by atoms with Crippen LogP contribution in [0.1, 0.15) is 58.2 Å². The Bertz CT molecular complexity index is 679. The lowest BCUT2D eigenvalue weighted by atomic mass is 9.75. The van der Waals surface area contributed by atoms with E-state index in [1.807, 2.05) is 6.92 Å². The van der Waals surface area contributed by atoms with Crippen molar-refractivity contribution in [3.63, 3.8) is 0 Å². The lowest BCUT2D eigenvalue weighted by Gasteiger charge is -2.35. The van der Waals surface area contributed by atoms with Crippen LogP contribution in [0.3, 0.4) is 0 Å². The van der Waals surface area contributed by atoms with Gasteiger partial charge >= 0.3 is 0 Å².